The molecule has 2 fully saturated rings. The fourth-order valence-electron chi connectivity index (χ4n) is 4.01. The average molecular weight is 327 g/mol. The lowest BCUT2D eigenvalue weighted by Crippen LogP contribution is -2.45. The van der Waals surface area contributed by atoms with E-state index in [2.05, 4.69) is 0 Å². The van der Waals surface area contributed by atoms with E-state index in [1.54, 1.807) is 11.0 Å². The van der Waals surface area contributed by atoms with E-state index in [0.717, 1.165) is 18.4 Å². The third kappa shape index (κ3) is 2.92. The number of hydrogen-bond donors (Lipinski definition) is 1. The van der Waals surface area contributed by atoms with Gasteiger partial charge < -0.3 is 10.6 Å². The van der Waals surface area contributed by atoms with Crippen molar-refractivity contribution in [2.45, 2.75) is 31.8 Å². The number of benzene rings is 1. The normalized spacial score (nSPS) is 30.7. The summed E-state index contributed by atoms with van der Waals surface area (Å²) in [4.78, 5) is 14.5. The molecule has 3 rings (SSSR count). The highest BCUT2D eigenvalue weighted by Gasteiger charge is 2.49. The van der Waals surface area contributed by atoms with Gasteiger partial charge in [-0.25, -0.2) is 0 Å². The van der Waals surface area contributed by atoms with Gasteiger partial charge in [0.15, 0.2) is 0 Å². The SMILES string of the molecule is CN(Cc1cc(Cl)cc(Cl)c1)C(=O)C1C2CCC(C2)C1N. The van der Waals surface area contributed by atoms with E-state index < -0.39 is 0 Å². The number of hydrogen-bond acceptors (Lipinski definition) is 2. The van der Waals surface area contributed by atoms with Crippen LogP contribution in [-0.2, 0) is 11.3 Å². The van der Waals surface area contributed by atoms with Crippen LogP contribution in [-0.4, -0.2) is 23.9 Å². The van der Waals surface area contributed by atoms with Crippen molar-refractivity contribution < 1.29 is 4.79 Å². The van der Waals surface area contributed by atoms with Crippen molar-refractivity contribution in [3.63, 3.8) is 0 Å². The van der Waals surface area contributed by atoms with E-state index in [0.29, 0.717) is 28.4 Å². The van der Waals surface area contributed by atoms with Gasteiger partial charge in [-0.1, -0.05) is 23.2 Å². The third-order valence-corrected chi connectivity index (χ3v) is 5.42. The van der Waals surface area contributed by atoms with Crippen LogP contribution < -0.4 is 5.73 Å². The minimum atomic E-state index is -0.0107. The molecule has 4 atom stereocenters. The summed E-state index contributed by atoms with van der Waals surface area (Å²) in [5.41, 5.74) is 7.20. The molecular weight excluding hydrogens is 307 g/mol. The van der Waals surface area contributed by atoms with Crippen molar-refractivity contribution in [3.05, 3.63) is 33.8 Å². The molecule has 2 aliphatic rings. The van der Waals surface area contributed by atoms with Gasteiger partial charge in [-0.3, -0.25) is 4.79 Å². The van der Waals surface area contributed by atoms with Gasteiger partial charge in [0.25, 0.3) is 0 Å². The highest BCUT2D eigenvalue weighted by molar-refractivity contribution is 6.34. The predicted molar refractivity (Wildman–Crippen MR) is 85.2 cm³/mol. The lowest BCUT2D eigenvalue weighted by atomic mass is 9.84. The summed E-state index contributed by atoms with van der Waals surface area (Å²) >= 11 is 12.0. The van der Waals surface area contributed by atoms with Crippen molar-refractivity contribution in [3.8, 4) is 0 Å². The summed E-state index contributed by atoms with van der Waals surface area (Å²) in [6, 6.07) is 5.41. The smallest absolute Gasteiger partial charge is 0.227 e. The Hall–Kier alpha value is -0.770. The number of carbonyl (C=O) groups excluding carboxylic acids is 1. The molecule has 1 aromatic rings. The summed E-state index contributed by atoms with van der Waals surface area (Å²) in [5, 5.41) is 1.19. The van der Waals surface area contributed by atoms with E-state index in [-0.39, 0.29) is 17.9 Å². The number of halogens is 2. The Morgan fingerprint density at radius 1 is 1.24 bits per heavy atom. The Labute approximate surface area is 135 Å². The summed E-state index contributed by atoms with van der Waals surface area (Å²) < 4.78 is 0. The summed E-state index contributed by atoms with van der Waals surface area (Å²) in [5.74, 6) is 1.16. The minimum Gasteiger partial charge on any atom is -0.341 e. The number of amides is 1. The number of nitrogens with two attached hydrogens (primary N) is 1. The molecule has 0 radical (unpaired) electrons. The van der Waals surface area contributed by atoms with E-state index in [1.165, 1.54) is 6.42 Å². The zero-order valence-corrected chi connectivity index (χ0v) is 13.6. The van der Waals surface area contributed by atoms with Crippen LogP contribution in [0.1, 0.15) is 24.8 Å². The Bertz CT molecular complexity index is 541. The topological polar surface area (TPSA) is 46.3 Å². The Balaban J connectivity index is 1.70. The van der Waals surface area contributed by atoms with Crippen LogP contribution in [0.4, 0.5) is 0 Å². The van der Waals surface area contributed by atoms with Crippen LogP contribution in [0.15, 0.2) is 18.2 Å². The van der Waals surface area contributed by atoms with Crippen LogP contribution in [0.3, 0.4) is 0 Å². The first-order chi connectivity index (χ1) is 9.95. The summed E-state index contributed by atoms with van der Waals surface area (Å²) in [7, 11) is 1.83. The molecule has 2 saturated carbocycles. The van der Waals surface area contributed by atoms with Crippen LogP contribution in [0, 0.1) is 17.8 Å². The Morgan fingerprint density at radius 2 is 1.86 bits per heavy atom. The van der Waals surface area contributed by atoms with E-state index in [1.807, 2.05) is 19.2 Å². The molecule has 2 aliphatic carbocycles. The maximum atomic E-state index is 12.7. The van der Waals surface area contributed by atoms with Crippen LogP contribution in [0.5, 0.6) is 0 Å². The number of carbonyl (C=O) groups is 1. The third-order valence-electron chi connectivity index (χ3n) is 4.98. The van der Waals surface area contributed by atoms with Gasteiger partial charge in [0.05, 0.1) is 5.92 Å². The minimum absolute atomic E-state index is 0.0107. The molecular formula is C16H20Cl2N2O. The average Bonchev–Trinajstić information content (AvgIpc) is 2.97. The molecule has 0 aliphatic heterocycles. The molecule has 0 heterocycles. The molecule has 21 heavy (non-hydrogen) atoms. The molecule has 1 amide bonds. The van der Waals surface area contributed by atoms with Crippen molar-refractivity contribution in [1.29, 1.82) is 0 Å². The zero-order chi connectivity index (χ0) is 15.1. The summed E-state index contributed by atoms with van der Waals surface area (Å²) in [6.07, 6.45) is 3.45. The van der Waals surface area contributed by atoms with Crippen molar-refractivity contribution in [2.75, 3.05) is 7.05 Å². The molecule has 2 bridgehead atoms. The van der Waals surface area contributed by atoms with Crippen molar-refractivity contribution >= 4 is 29.1 Å². The highest BCUT2D eigenvalue weighted by atomic mass is 35.5. The van der Waals surface area contributed by atoms with Gasteiger partial charge in [-0.15, -0.1) is 0 Å². The fraction of sp³-hybridized carbons (Fsp3) is 0.562. The molecule has 5 heteroatoms. The second-order valence-corrected chi connectivity index (χ2v) is 7.28. The van der Waals surface area contributed by atoms with Crippen LogP contribution in [0.2, 0.25) is 10.0 Å². The first kappa shape index (κ1) is 15.1. The zero-order valence-electron chi connectivity index (χ0n) is 12.1. The number of rotatable bonds is 3. The molecule has 0 spiro atoms. The van der Waals surface area contributed by atoms with Gasteiger partial charge >= 0.3 is 0 Å². The Kier molecular flexibility index (Phi) is 4.17. The fourth-order valence-corrected chi connectivity index (χ4v) is 4.58. The van der Waals surface area contributed by atoms with E-state index >= 15 is 0 Å². The maximum Gasteiger partial charge on any atom is 0.227 e. The lowest BCUT2D eigenvalue weighted by molar-refractivity contribution is -0.137. The molecule has 2 N–H and O–H groups in total. The molecule has 114 valence electrons. The van der Waals surface area contributed by atoms with Crippen molar-refractivity contribution in [2.24, 2.45) is 23.5 Å². The monoisotopic (exact) mass is 326 g/mol. The quantitative estimate of drug-likeness (QED) is 0.926. The lowest BCUT2D eigenvalue weighted by Gasteiger charge is -2.31. The predicted octanol–water partition coefficient (Wildman–Crippen LogP) is 3.33. The summed E-state index contributed by atoms with van der Waals surface area (Å²) in [6.45, 7) is 0.514. The largest absolute Gasteiger partial charge is 0.341 e. The molecule has 0 saturated heterocycles. The van der Waals surface area contributed by atoms with Gasteiger partial charge in [0.1, 0.15) is 0 Å². The second kappa shape index (κ2) is 5.79. The molecule has 1 aromatic carbocycles. The molecule has 4 unspecified atom stereocenters. The van der Waals surface area contributed by atoms with Gasteiger partial charge in [0, 0.05) is 29.7 Å². The van der Waals surface area contributed by atoms with Gasteiger partial charge in [-0.05, 0) is 54.9 Å². The first-order valence-corrected chi connectivity index (χ1v) is 8.17. The standard InChI is InChI=1S/C16H20Cl2N2O/c1-20(8-9-4-12(17)7-13(18)5-9)16(21)14-10-2-3-11(6-10)15(14)19/h4-5,7,10-11,14-15H,2-3,6,8,19H2,1H3. The highest BCUT2D eigenvalue weighted by Crippen LogP contribution is 2.48. The second-order valence-electron chi connectivity index (χ2n) is 6.41. The molecule has 0 aromatic heterocycles. The molecule has 3 nitrogen and oxygen atoms in total. The van der Waals surface area contributed by atoms with Crippen LogP contribution >= 0.6 is 23.2 Å². The number of fused-ring (bicyclic) bond motifs is 2. The van der Waals surface area contributed by atoms with E-state index in [4.69, 9.17) is 28.9 Å². The number of nitrogens with zero attached hydrogens (tertiary/aromatic N) is 1. The van der Waals surface area contributed by atoms with Crippen molar-refractivity contribution in [1.82, 2.24) is 4.90 Å². The Morgan fingerprint density at radius 3 is 2.43 bits per heavy atom. The maximum absolute atomic E-state index is 12.7. The van der Waals surface area contributed by atoms with Gasteiger partial charge in [-0.2, -0.15) is 0 Å². The van der Waals surface area contributed by atoms with Crippen LogP contribution in [0.25, 0.3) is 0 Å². The first-order valence-electron chi connectivity index (χ1n) is 7.41. The van der Waals surface area contributed by atoms with Gasteiger partial charge in [0.2, 0.25) is 5.91 Å². The van der Waals surface area contributed by atoms with E-state index in [9.17, 15) is 4.79 Å².